The summed E-state index contributed by atoms with van der Waals surface area (Å²) in [5, 5.41) is 7.16. The molecule has 1 aliphatic heterocycles. The number of hydrogen-bond acceptors (Lipinski definition) is 5. The molecule has 0 unspecified atom stereocenters. The van der Waals surface area contributed by atoms with E-state index in [4.69, 9.17) is 4.74 Å². The molecular formula is C23H32N5NaO4S. The molecule has 0 saturated carbocycles. The molecule has 2 aromatic rings. The fraction of sp³-hybridized carbons (Fsp3) is 0.565. The standard InChI is InChI=1S/C23H31N5O4S.Na.H/c1-2-27-15-19(14-24-27)28(18-9-11-32-12-10-18)33(30,31)26-23(29)25-22-20-7-3-5-16(20)13-17-6-4-8-21(17)22;;/h13-15,18H,2-12H2,1H3,(H2,25,26,29);;/q;+1;-1. The largest absolute Gasteiger partial charge is 1.00 e. The molecule has 1 aromatic carbocycles. The van der Waals surface area contributed by atoms with Gasteiger partial charge in [-0.1, -0.05) is 6.07 Å². The van der Waals surface area contributed by atoms with Gasteiger partial charge < -0.3 is 11.5 Å². The van der Waals surface area contributed by atoms with Crippen LogP contribution in [0.1, 0.15) is 56.3 Å². The van der Waals surface area contributed by atoms with Crippen LogP contribution in [0, 0.1) is 0 Å². The van der Waals surface area contributed by atoms with E-state index in [-0.39, 0.29) is 37.0 Å². The van der Waals surface area contributed by atoms with Gasteiger partial charge in [-0.2, -0.15) is 13.5 Å². The third-order valence-corrected chi connectivity index (χ3v) is 8.38. The van der Waals surface area contributed by atoms with Crippen LogP contribution in [0.4, 0.5) is 16.2 Å². The average molecular weight is 498 g/mol. The Morgan fingerprint density at radius 2 is 1.82 bits per heavy atom. The van der Waals surface area contributed by atoms with Gasteiger partial charge in [-0.05, 0) is 80.5 Å². The first-order valence-corrected chi connectivity index (χ1v) is 13.3. The quantitative estimate of drug-likeness (QED) is 0.549. The molecule has 3 aliphatic rings. The van der Waals surface area contributed by atoms with Gasteiger partial charge in [0, 0.05) is 31.6 Å². The second kappa shape index (κ2) is 10.6. The molecule has 1 aromatic heterocycles. The number of carbonyl (C=O) groups excluding carboxylic acids is 1. The van der Waals surface area contributed by atoms with Crippen LogP contribution in [0.5, 0.6) is 0 Å². The van der Waals surface area contributed by atoms with Gasteiger partial charge in [0.25, 0.3) is 0 Å². The van der Waals surface area contributed by atoms with Crippen LogP contribution in [0.2, 0.25) is 0 Å². The maximum absolute atomic E-state index is 13.5. The van der Waals surface area contributed by atoms with Crippen LogP contribution in [0.25, 0.3) is 0 Å². The van der Waals surface area contributed by atoms with Gasteiger partial charge in [0.05, 0.1) is 17.9 Å². The Morgan fingerprint density at radius 1 is 1.18 bits per heavy atom. The first-order valence-electron chi connectivity index (χ1n) is 11.9. The molecule has 5 rings (SSSR count). The molecule has 2 heterocycles. The van der Waals surface area contributed by atoms with Crippen molar-refractivity contribution >= 4 is 27.6 Å². The maximum Gasteiger partial charge on any atom is 1.00 e. The second-order valence-corrected chi connectivity index (χ2v) is 10.5. The van der Waals surface area contributed by atoms with Crippen molar-refractivity contribution in [1.29, 1.82) is 0 Å². The molecule has 0 bridgehead atoms. The normalized spacial score (nSPS) is 17.6. The second-order valence-electron chi connectivity index (χ2n) is 8.99. The minimum Gasteiger partial charge on any atom is -1.00 e. The van der Waals surface area contributed by atoms with Gasteiger partial charge in [-0.25, -0.2) is 13.8 Å². The molecule has 1 saturated heterocycles. The van der Waals surface area contributed by atoms with Crippen molar-refractivity contribution in [3.05, 3.63) is 40.7 Å². The number of amides is 2. The third-order valence-electron chi connectivity index (χ3n) is 6.91. The van der Waals surface area contributed by atoms with E-state index < -0.39 is 16.2 Å². The summed E-state index contributed by atoms with van der Waals surface area (Å²) in [5.41, 5.74) is 6.16. The first-order chi connectivity index (χ1) is 16.0. The Hall–Kier alpha value is -1.59. The molecule has 180 valence electrons. The summed E-state index contributed by atoms with van der Waals surface area (Å²) < 4.78 is 37.6. The number of ether oxygens (including phenoxy) is 1. The third kappa shape index (κ3) is 5.02. The Morgan fingerprint density at radius 3 is 2.41 bits per heavy atom. The van der Waals surface area contributed by atoms with Gasteiger partial charge in [0.15, 0.2) is 0 Å². The zero-order chi connectivity index (χ0) is 23.0. The number of carbonyl (C=O) groups is 1. The summed E-state index contributed by atoms with van der Waals surface area (Å²) in [6.07, 6.45) is 10.3. The maximum atomic E-state index is 13.5. The van der Waals surface area contributed by atoms with Gasteiger partial charge >= 0.3 is 45.8 Å². The summed E-state index contributed by atoms with van der Waals surface area (Å²) in [6.45, 7) is 3.52. The van der Waals surface area contributed by atoms with E-state index in [2.05, 4.69) is 21.2 Å². The molecule has 9 nitrogen and oxygen atoms in total. The van der Waals surface area contributed by atoms with Gasteiger partial charge in [0.1, 0.15) is 0 Å². The fourth-order valence-corrected chi connectivity index (χ4v) is 6.74. The van der Waals surface area contributed by atoms with Crippen molar-refractivity contribution in [2.24, 2.45) is 0 Å². The van der Waals surface area contributed by atoms with Crippen molar-refractivity contribution in [3.63, 3.8) is 0 Å². The van der Waals surface area contributed by atoms with Crippen LogP contribution < -0.4 is 43.9 Å². The Bertz CT molecular complexity index is 1130. The predicted molar refractivity (Wildman–Crippen MR) is 127 cm³/mol. The smallest absolute Gasteiger partial charge is 1.00 e. The number of fused-ring (bicyclic) bond motifs is 2. The van der Waals surface area contributed by atoms with E-state index in [1.54, 1.807) is 10.9 Å². The summed E-state index contributed by atoms with van der Waals surface area (Å²) in [7, 11) is -4.16. The van der Waals surface area contributed by atoms with Crippen LogP contribution in [-0.4, -0.2) is 43.5 Å². The predicted octanol–water partition coefficient (Wildman–Crippen LogP) is 0.0488. The molecule has 11 heteroatoms. The summed E-state index contributed by atoms with van der Waals surface area (Å²) in [4.78, 5) is 13.0. The van der Waals surface area contributed by atoms with E-state index in [0.717, 1.165) is 55.3 Å². The molecule has 0 radical (unpaired) electrons. The summed E-state index contributed by atoms with van der Waals surface area (Å²) in [5.74, 6) is 0. The monoisotopic (exact) mass is 497 g/mol. The fourth-order valence-electron chi connectivity index (χ4n) is 5.38. The number of anilines is 2. The van der Waals surface area contributed by atoms with Crippen LogP contribution >= 0.6 is 0 Å². The van der Waals surface area contributed by atoms with Crippen molar-refractivity contribution in [2.45, 2.75) is 70.9 Å². The van der Waals surface area contributed by atoms with Crippen molar-refractivity contribution in [1.82, 2.24) is 14.5 Å². The van der Waals surface area contributed by atoms with Crippen LogP contribution in [0.15, 0.2) is 18.5 Å². The van der Waals surface area contributed by atoms with E-state index >= 15 is 0 Å². The molecule has 1 fully saturated rings. The number of nitrogens with zero attached hydrogens (tertiary/aromatic N) is 3. The first kappa shape index (κ1) is 25.5. The van der Waals surface area contributed by atoms with Gasteiger partial charge in [-0.15, -0.1) is 0 Å². The van der Waals surface area contributed by atoms with Crippen molar-refractivity contribution in [2.75, 3.05) is 22.8 Å². The Kier molecular flexibility index (Phi) is 7.93. The topological polar surface area (TPSA) is 106 Å². The number of hydrogen-bond donors (Lipinski definition) is 2. The summed E-state index contributed by atoms with van der Waals surface area (Å²) >= 11 is 0. The summed E-state index contributed by atoms with van der Waals surface area (Å²) in [6, 6.07) is 1.26. The molecule has 34 heavy (non-hydrogen) atoms. The van der Waals surface area contributed by atoms with Crippen molar-refractivity contribution < 1.29 is 48.9 Å². The number of aryl methyl sites for hydroxylation is 3. The van der Waals surface area contributed by atoms with Crippen LogP contribution in [-0.2, 0) is 47.2 Å². The molecule has 2 amide bonds. The van der Waals surface area contributed by atoms with Crippen LogP contribution in [0.3, 0.4) is 0 Å². The zero-order valence-corrected chi connectivity index (χ0v) is 22.8. The van der Waals surface area contributed by atoms with E-state index in [0.29, 0.717) is 38.3 Å². The average Bonchev–Trinajstić information content (AvgIpc) is 3.54. The Balaban J connectivity index is 0.00000171. The molecule has 2 N–H and O–H groups in total. The molecule has 0 atom stereocenters. The number of aromatic nitrogens is 2. The SMILES string of the molecule is CCn1cc(N(C2CCOCC2)S(=O)(=O)NC(=O)Nc2c3c(cc4c2CCC4)CCC3)cn1.[H-].[Na+]. The Labute approximate surface area is 224 Å². The van der Waals surface area contributed by atoms with E-state index in [1.165, 1.54) is 21.6 Å². The number of urea groups is 1. The van der Waals surface area contributed by atoms with E-state index in [1.807, 2.05) is 6.92 Å². The number of benzene rings is 1. The number of rotatable bonds is 6. The van der Waals surface area contributed by atoms with Gasteiger partial charge in [-0.3, -0.25) is 4.68 Å². The molecular weight excluding hydrogens is 465 g/mol. The minimum atomic E-state index is -4.16. The molecule has 2 aliphatic carbocycles. The number of nitrogens with one attached hydrogen (secondary N) is 2. The van der Waals surface area contributed by atoms with Crippen molar-refractivity contribution in [3.8, 4) is 0 Å². The zero-order valence-electron chi connectivity index (χ0n) is 21.0. The minimum absolute atomic E-state index is 0. The molecule has 0 spiro atoms. The van der Waals surface area contributed by atoms with Gasteiger partial charge in [0.2, 0.25) is 0 Å². The van der Waals surface area contributed by atoms with E-state index in [9.17, 15) is 13.2 Å².